The van der Waals surface area contributed by atoms with Crippen LogP contribution in [-0.4, -0.2) is 80.6 Å². The van der Waals surface area contributed by atoms with Crippen LogP contribution in [0.3, 0.4) is 0 Å². The highest BCUT2D eigenvalue weighted by Crippen LogP contribution is 2.15. The summed E-state index contributed by atoms with van der Waals surface area (Å²) < 4.78 is 17.3. The number of hydrogen-bond acceptors (Lipinski definition) is 6. The number of quaternary nitrogens is 1. The van der Waals surface area contributed by atoms with Crippen LogP contribution in [-0.2, 0) is 28.6 Å². The molecule has 0 bridgehead atoms. The monoisotopic (exact) mass is 791 g/mol. The van der Waals surface area contributed by atoms with Crippen LogP contribution in [0, 0.1) is 0 Å². The highest BCUT2D eigenvalue weighted by Gasteiger charge is 2.31. The summed E-state index contributed by atoms with van der Waals surface area (Å²) in [6.07, 6.45) is 44.7. The summed E-state index contributed by atoms with van der Waals surface area (Å²) in [5, 5.41) is 9.62. The van der Waals surface area contributed by atoms with E-state index in [-0.39, 0.29) is 36.2 Å². The van der Waals surface area contributed by atoms with E-state index >= 15 is 0 Å². The summed E-state index contributed by atoms with van der Waals surface area (Å²) in [6, 6.07) is -0.615. The third kappa shape index (κ3) is 37.1. The summed E-state index contributed by atoms with van der Waals surface area (Å²) in [4.78, 5) is 37.0. The van der Waals surface area contributed by atoms with Crippen LogP contribution in [0.5, 0.6) is 0 Å². The van der Waals surface area contributed by atoms with E-state index < -0.39 is 18.1 Å². The summed E-state index contributed by atoms with van der Waals surface area (Å²) in [7, 11) is 5.53. The minimum absolute atomic E-state index is 0.0534. The van der Waals surface area contributed by atoms with Crippen molar-refractivity contribution in [3.63, 3.8) is 0 Å². The minimum atomic E-state index is -0.876. The molecular formula is C48H88NO7+. The lowest BCUT2D eigenvalue weighted by Gasteiger charge is -2.31. The van der Waals surface area contributed by atoms with E-state index in [1.807, 2.05) is 21.1 Å². The van der Waals surface area contributed by atoms with Gasteiger partial charge in [-0.25, -0.2) is 4.79 Å². The van der Waals surface area contributed by atoms with Gasteiger partial charge in [-0.2, -0.15) is 0 Å². The standard InChI is InChI=1S/C48H87NO7/c1-6-8-10-12-14-16-18-20-22-24-26-28-30-32-34-36-38-46(50)55-43-44(42-54-41-40-45(48(52)53)49(3,4)5)56-47(51)39-37-35-33-31-29-27-25-23-21-19-17-15-13-11-9-7-2/h9,11,15,17,21,23,44-45H,6-8,10,12-14,16,18-20,22,24-43H2,1-5H3/p+1/b11-9+,17-15+,23-21+. The summed E-state index contributed by atoms with van der Waals surface area (Å²) >= 11 is 0. The molecule has 0 saturated carbocycles. The molecule has 326 valence electrons. The molecule has 0 aromatic rings. The van der Waals surface area contributed by atoms with Crippen LogP contribution in [0.25, 0.3) is 0 Å². The van der Waals surface area contributed by atoms with E-state index in [1.54, 1.807) is 0 Å². The van der Waals surface area contributed by atoms with Gasteiger partial charge in [-0.15, -0.1) is 0 Å². The number of carboxylic acids is 1. The third-order valence-electron chi connectivity index (χ3n) is 10.3. The number of hydrogen-bond donors (Lipinski definition) is 1. The van der Waals surface area contributed by atoms with E-state index in [9.17, 15) is 19.5 Å². The molecular weight excluding hydrogens is 703 g/mol. The fourth-order valence-corrected chi connectivity index (χ4v) is 6.75. The Hall–Kier alpha value is -2.45. The van der Waals surface area contributed by atoms with Gasteiger partial charge in [0.2, 0.25) is 0 Å². The second-order valence-electron chi connectivity index (χ2n) is 16.6. The van der Waals surface area contributed by atoms with Crippen molar-refractivity contribution in [1.82, 2.24) is 0 Å². The normalized spacial score (nSPS) is 13.2. The van der Waals surface area contributed by atoms with Gasteiger partial charge < -0.3 is 23.8 Å². The lowest BCUT2D eigenvalue weighted by atomic mass is 10.0. The highest BCUT2D eigenvalue weighted by atomic mass is 16.6. The maximum atomic E-state index is 12.7. The second-order valence-corrected chi connectivity index (χ2v) is 16.6. The smallest absolute Gasteiger partial charge is 0.362 e. The molecule has 0 rings (SSSR count). The molecule has 0 amide bonds. The number of ether oxygens (including phenoxy) is 3. The molecule has 0 aromatic heterocycles. The van der Waals surface area contributed by atoms with Crippen molar-refractivity contribution in [3.8, 4) is 0 Å². The maximum absolute atomic E-state index is 12.7. The van der Waals surface area contributed by atoms with Crippen molar-refractivity contribution < 1.29 is 38.2 Å². The van der Waals surface area contributed by atoms with Gasteiger partial charge in [-0.3, -0.25) is 9.59 Å². The Balaban J connectivity index is 4.32. The minimum Gasteiger partial charge on any atom is -0.477 e. The zero-order chi connectivity index (χ0) is 41.4. The topological polar surface area (TPSA) is 99.1 Å². The zero-order valence-corrected chi connectivity index (χ0v) is 37.1. The van der Waals surface area contributed by atoms with E-state index in [2.05, 4.69) is 50.3 Å². The average molecular weight is 791 g/mol. The van der Waals surface area contributed by atoms with Gasteiger partial charge in [0.25, 0.3) is 0 Å². The Morgan fingerprint density at radius 2 is 1.00 bits per heavy atom. The highest BCUT2D eigenvalue weighted by molar-refractivity contribution is 5.72. The van der Waals surface area contributed by atoms with Crippen molar-refractivity contribution in [3.05, 3.63) is 36.5 Å². The second kappa shape index (κ2) is 39.4. The molecule has 8 nitrogen and oxygen atoms in total. The van der Waals surface area contributed by atoms with Gasteiger partial charge >= 0.3 is 17.9 Å². The van der Waals surface area contributed by atoms with Crippen LogP contribution in [0.4, 0.5) is 0 Å². The van der Waals surface area contributed by atoms with Gasteiger partial charge in [0.05, 0.1) is 34.4 Å². The Bertz CT molecular complexity index is 1020. The fourth-order valence-electron chi connectivity index (χ4n) is 6.75. The Labute approximate surface area is 344 Å². The summed E-state index contributed by atoms with van der Waals surface area (Å²) in [5.74, 6) is -1.48. The first-order valence-electron chi connectivity index (χ1n) is 23.0. The third-order valence-corrected chi connectivity index (χ3v) is 10.3. The van der Waals surface area contributed by atoms with Crippen molar-refractivity contribution in [2.45, 2.75) is 212 Å². The molecule has 0 heterocycles. The quantitative estimate of drug-likeness (QED) is 0.0285. The molecule has 2 unspecified atom stereocenters. The lowest BCUT2D eigenvalue weighted by molar-refractivity contribution is -0.887. The molecule has 0 fully saturated rings. The number of carboxylic acid groups (broad SMARTS) is 1. The van der Waals surface area contributed by atoms with E-state index in [4.69, 9.17) is 14.2 Å². The molecule has 0 aromatic carbocycles. The van der Waals surface area contributed by atoms with Gasteiger partial charge in [0.1, 0.15) is 6.61 Å². The summed E-state index contributed by atoms with van der Waals surface area (Å²) in [6.45, 7) is 4.63. The zero-order valence-electron chi connectivity index (χ0n) is 37.1. The van der Waals surface area contributed by atoms with Crippen molar-refractivity contribution in [1.29, 1.82) is 0 Å². The molecule has 0 saturated heterocycles. The SMILES string of the molecule is CC/C=C/C/C=C/C/C=C/CCCCCCCCC(=O)OC(COCCC(C(=O)O)[N+](C)(C)C)COC(=O)CCCCCCCCCCCCCCCCCC. The lowest BCUT2D eigenvalue weighted by Crippen LogP contribution is -2.50. The Kier molecular flexibility index (Phi) is 37.7. The first kappa shape index (κ1) is 53.6. The molecule has 8 heteroatoms. The van der Waals surface area contributed by atoms with Crippen LogP contribution in [0.15, 0.2) is 36.5 Å². The number of esters is 2. The molecule has 0 aliphatic heterocycles. The molecule has 0 aliphatic rings. The van der Waals surface area contributed by atoms with Crippen LogP contribution >= 0.6 is 0 Å². The summed E-state index contributed by atoms with van der Waals surface area (Å²) in [5.41, 5.74) is 0. The molecule has 0 spiro atoms. The first-order chi connectivity index (χ1) is 27.1. The largest absolute Gasteiger partial charge is 0.477 e. The van der Waals surface area contributed by atoms with Gasteiger partial charge in [-0.1, -0.05) is 172 Å². The van der Waals surface area contributed by atoms with Gasteiger partial charge in [0.15, 0.2) is 12.1 Å². The molecule has 2 atom stereocenters. The van der Waals surface area contributed by atoms with Crippen LogP contribution in [0.1, 0.15) is 200 Å². The predicted octanol–water partition coefficient (Wildman–Crippen LogP) is 12.6. The molecule has 0 radical (unpaired) electrons. The number of likely N-dealkylation sites (N-methyl/N-ethyl adjacent to an activating group) is 1. The predicted molar refractivity (Wildman–Crippen MR) is 234 cm³/mol. The van der Waals surface area contributed by atoms with E-state index in [0.29, 0.717) is 19.3 Å². The molecule has 0 aliphatic carbocycles. The number of allylic oxidation sites excluding steroid dienone is 6. The van der Waals surface area contributed by atoms with Crippen LogP contribution < -0.4 is 0 Å². The fraction of sp³-hybridized carbons (Fsp3) is 0.812. The van der Waals surface area contributed by atoms with Crippen molar-refractivity contribution >= 4 is 17.9 Å². The maximum Gasteiger partial charge on any atom is 0.362 e. The molecule has 1 N–H and O–H groups in total. The number of unbranched alkanes of at least 4 members (excludes halogenated alkanes) is 21. The average Bonchev–Trinajstić information content (AvgIpc) is 3.15. The van der Waals surface area contributed by atoms with Crippen molar-refractivity contribution in [2.75, 3.05) is 41.0 Å². The van der Waals surface area contributed by atoms with Gasteiger partial charge in [-0.05, 0) is 44.9 Å². The Morgan fingerprint density at radius 3 is 1.48 bits per heavy atom. The first-order valence-corrected chi connectivity index (χ1v) is 23.0. The van der Waals surface area contributed by atoms with E-state index in [0.717, 1.165) is 70.6 Å². The van der Waals surface area contributed by atoms with Crippen molar-refractivity contribution in [2.24, 2.45) is 0 Å². The number of aliphatic carboxylic acids is 1. The number of rotatable bonds is 41. The van der Waals surface area contributed by atoms with Crippen LogP contribution in [0.2, 0.25) is 0 Å². The Morgan fingerprint density at radius 1 is 0.554 bits per heavy atom. The van der Waals surface area contributed by atoms with E-state index in [1.165, 1.54) is 96.3 Å². The van der Waals surface area contributed by atoms with Gasteiger partial charge in [0, 0.05) is 19.3 Å². The number of nitrogens with zero attached hydrogens (tertiary/aromatic N) is 1. The number of carbonyl (C=O) groups is 3. The number of carbonyl (C=O) groups excluding carboxylic acids is 2. The molecule has 56 heavy (non-hydrogen) atoms.